The SMILES string of the molecule is O=C(Cc1c(F)cccc1F)c1nc2c(s1)-c1cc(-c3cccnc3)ccc1CCC2. The highest BCUT2D eigenvalue weighted by Gasteiger charge is 2.24. The van der Waals surface area contributed by atoms with Gasteiger partial charge in [0.25, 0.3) is 0 Å². The molecule has 0 aliphatic heterocycles. The third-order valence-corrected chi connectivity index (χ3v) is 6.72. The highest BCUT2D eigenvalue weighted by atomic mass is 32.1. The van der Waals surface area contributed by atoms with E-state index in [0.29, 0.717) is 5.01 Å². The number of hydrogen-bond donors (Lipinski definition) is 0. The predicted octanol–water partition coefficient (Wildman–Crippen LogP) is 6.06. The molecule has 1 aliphatic carbocycles. The maximum Gasteiger partial charge on any atom is 0.195 e. The Kier molecular flexibility index (Phi) is 5.16. The van der Waals surface area contributed by atoms with Gasteiger partial charge in [-0.2, -0.15) is 0 Å². The predicted molar refractivity (Wildman–Crippen MR) is 117 cm³/mol. The van der Waals surface area contributed by atoms with Crippen molar-refractivity contribution in [3.8, 4) is 21.6 Å². The van der Waals surface area contributed by atoms with Crippen molar-refractivity contribution in [2.45, 2.75) is 25.7 Å². The van der Waals surface area contributed by atoms with Gasteiger partial charge in [0.15, 0.2) is 10.8 Å². The zero-order valence-corrected chi connectivity index (χ0v) is 17.4. The first-order valence-corrected chi connectivity index (χ1v) is 10.9. The number of hydrogen-bond acceptors (Lipinski definition) is 4. The second-order valence-electron chi connectivity index (χ2n) is 7.56. The molecule has 1 aliphatic rings. The van der Waals surface area contributed by atoms with Crippen LogP contribution in [0.1, 0.15) is 33.0 Å². The van der Waals surface area contributed by atoms with Gasteiger partial charge >= 0.3 is 0 Å². The minimum Gasteiger partial charge on any atom is -0.291 e. The quantitative estimate of drug-likeness (QED) is 0.368. The lowest BCUT2D eigenvalue weighted by atomic mass is 9.98. The zero-order valence-electron chi connectivity index (χ0n) is 16.6. The third-order valence-electron chi connectivity index (χ3n) is 5.54. The molecule has 0 fully saturated rings. The van der Waals surface area contributed by atoms with Crippen LogP contribution in [0.3, 0.4) is 0 Å². The molecular weight excluding hydrogens is 414 g/mol. The van der Waals surface area contributed by atoms with Gasteiger partial charge in [-0.05, 0) is 60.2 Å². The van der Waals surface area contributed by atoms with Crippen LogP contribution < -0.4 is 0 Å². The fraction of sp³-hybridized carbons (Fsp3) is 0.160. The molecule has 0 N–H and O–H groups in total. The number of fused-ring (bicyclic) bond motifs is 3. The summed E-state index contributed by atoms with van der Waals surface area (Å²) in [6, 6.07) is 13.9. The minimum atomic E-state index is -0.710. The van der Waals surface area contributed by atoms with Gasteiger partial charge in [-0.3, -0.25) is 9.78 Å². The van der Waals surface area contributed by atoms with Gasteiger partial charge in [0.1, 0.15) is 11.6 Å². The third kappa shape index (κ3) is 3.79. The van der Waals surface area contributed by atoms with Gasteiger partial charge < -0.3 is 0 Å². The number of nitrogens with zero attached hydrogens (tertiary/aromatic N) is 2. The number of carbonyl (C=O) groups excluding carboxylic acids is 1. The molecule has 0 atom stereocenters. The maximum atomic E-state index is 14.0. The van der Waals surface area contributed by atoms with E-state index in [1.165, 1.54) is 35.1 Å². The van der Waals surface area contributed by atoms with E-state index in [4.69, 9.17) is 0 Å². The second kappa shape index (κ2) is 8.12. The van der Waals surface area contributed by atoms with Crippen LogP contribution >= 0.6 is 11.3 Å². The number of pyridine rings is 1. The Labute approximate surface area is 182 Å². The van der Waals surface area contributed by atoms with Gasteiger partial charge in [-0.25, -0.2) is 13.8 Å². The molecule has 2 heterocycles. The molecule has 0 spiro atoms. The first kappa shape index (κ1) is 19.7. The van der Waals surface area contributed by atoms with E-state index in [0.717, 1.165) is 46.5 Å². The monoisotopic (exact) mass is 432 g/mol. The smallest absolute Gasteiger partial charge is 0.195 e. The van der Waals surface area contributed by atoms with E-state index in [-0.39, 0.29) is 17.8 Å². The van der Waals surface area contributed by atoms with Gasteiger partial charge in [0.2, 0.25) is 0 Å². The van der Waals surface area contributed by atoms with Crippen LogP contribution in [0.4, 0.5) is 8.78 Å². The van der Waals surface area contributed by atoms with E-state index >= 15 is 0 Å². The summed E-state index contributed by atoms with van der Waals surface area (Å²) in [6.45, 7) is 0. The summed E-state index contributed by atoms with van der Waals surface area (Å²) < 4.78 is 28.0. The molecule has 0 radical (unpaired) electrons. The molecule has 0 saturated heterocycles. The molecule has 0 saturated carbocycles. The summed E-state index contributed by atoms with van der Waals surface area (Å²) >= 11 is 1.31. The van der Waals surface area contributed by atoms with Crippen molar-refractivity contribution < 1.29 is 13.6 Å². The second-order valence-corrected chi connectivity index (χ2v) is 8.56. The van der Waals surface area contributed by atoms with Crippen molar-refractivity contribution in [2.75, 3.05) is 0 Å². The average Bonchev–Trinajstić information content (AvgIpc) is 3.14. The van der Waals surface area contributed by atoms with E-state index in [9.17, 15) is 13.6 Å². The lowest BCUT2D eigenvalue weighted by molar-refractivity contribution is 0.0990. The zero-order chi connectivity index (χ0) is 21.4. The number of aryl methyl sites for hydroxylation is 2. The van der Waals surface area contributed by atoms with Crippen LogP contribution in [0.25, 0.3) is 21.6 Å². The van der Waals surface area contributed by atoms with Crippen LogP contribution in [0.2, 0.25) is 0 Å². The number of carbonyl (C=O) groups is 1. The van der Waals surface area contributed by atoms with Crippen LogP contribution in [0.5, 0.6) is 0 Å². The molecule has 31 heavy (non-hydrogen) atoms. The van der Waals surface area contributed by atoms with Crippen LogP contribution in [-0.2, 0) is 19.3 Å². The van der Waals surface area contributed by atoms with Gasteiger partial charge in [0.05, 0.1) is 10.6 Å². The summed E-state index contributed by atoms with van der Waals surface area (Å²) in [5, 5.41) is 0.298. The number of ketones is 1. The van der Waals surface area contributed by atoms with Gasteiger partial charge in [-0.1, -0.05) is 24.3 Å². The number of aromatic nitrogens is 2. The Morgan fingerprint density at radius 1 is 1.00 bits per heavy atom. The molecule has 2 aromatic heterocycles. The van der Waals surface area contributed by atoms with Crippen molar-refractivity contribution in [2.24, 2.45) is 0 Å². The summed E-state index contributed by atoms with van der Waals surface area (Å²) in [4.78, 5) is 22.6. The minimum absolute atomic E-state index is 0.211. The van der Waals surface area contributed by atoms with Gasteiger partial charge in [-0.15, -0.1) is 11.3 Å². The number of Topliss-reactive ketones (excluding diaryl/α,β-unsaturated/α-hetero) is 1. The summed E-state index contributed by atoms with van der Waals surface area (Å²) in [7, 11) is 0. The first-order valence-electron chi connectivity index (χ1n) is 10.1. The lowest BCUT2D eigenvalue weighted by Crippen LogP contribution is -2.07. The Bertz CT molecular complexity index is 1260. The first-order chi connectivity index (χ1) is 15.1. The van der Waals surface area contributed by atoms with Crippen molar-refractivity contribution in [1.82, 2.24) is 9.97 Å². The van der Waals surface area contributed by atoms with Crippen molar-refractivity contribution in [3.05, 3.63) is 94.4 Å². The van der Waals surface area contributed by atoms with E-state index < -0.39 is 11.6 Å². The van der Waals surface area contributed by atoms with E-state index in [1.54, 1.807) is 6.20 Å². The maximum absolute atomic E-state index is 14.0. The van der Waals surface area contributed by atoms with Crippen LogP contribution in [-0.4, -0.2) is 15.8 Å². The van der Waals surface area contributed by atoms with Gasteiger partial charge in [0, 0.05) is 29.9 Å². The molecule has 5 rings (SSSR count). The molecular formula is C25H18F2N2OS. The Morgan fingerprint density at radius 2 is 1.84 bits per heavy atom. The summed E-state index contributed by atoms with van der Waals surface area (Å²) in [5.41, 5.74) is 5.03. The summed E-state index contributed by atoms with van der Waals surface area (Å²) in [6.07, 6.45) is 5.87. The highest BCUT2D eigenvalue weighted by molar-refractivity contribution is 7.17. The topological polar surface area (TPSA) is 42.9 Å². The fourth-order valence-electron chi connectivity index (χ4n) is 3.95. The van der Waals surface area contributed by atoms with E-state index in [2.05, 4.69) is 28.2 Å². The largest absolute Gasteiger partial charge is 0.291 e. The lowest BCUT2D eigenvalue weighted by Gasteiger charge is -2.09. The van der Waals surface area contributed by atoms with Crippen molar-refractivity contribution in [3.63, 3.8) is 0 Å². The van der Waals surface area contributed by atoms with Crippen LogP contribution in [0.15, 0.2) is 60.9 Å². The molecule has 0 amide bonds. The molecule has 0 unspecified atom stereocenters. The Hall–Kier alpha value is -3.25. The summed E-state index contributed by atoms with van der Waals surface area (Å²) in [5.74, 6) is -1.79. The normalized spacial score (nSPS) is 12.7. The molecule has 0 bridgehead atoms. The van der Waals surface area contributed by atoms with Crippen molar-refractivity contribution >= 4 is 17.1 Å². The Morgan fingerprint density at radius 3 is 2.61 bits per heavy atom. The van der Waals surface area contributed by atoms with Crippen LogP contribution in [0, 0.1) is 11.6 Å². The average molecular weight is 432 g/mol. The highest BCUT2D eigenvalue weighted by Crippen LogP contribution is 2.39. The number of rotatable bonds is 4. The Balaban J connectivity index is 1.53. The molecule has 2 aromatic carbocycles. The number of benzene rings is 2. The van der Waals surface area contributed by atoms with E-state index in [1.807, 2.05) is 18.3 Å². The molecule has 6 heteroatoms. The fourth-order valence-corrected chi connectivity index (χ4v) is 5.05. The molecule has 154 valence electrons. The number of thiazole rings is 1. The number of halogens is 2. The molecule has 4 aromatic rings. The standard InChI is InChI=1S/C25H18F2N2OS/c26-20-6-2-7-21(27)19(20)13-23(30)25-29-22-8-1-4-15-9-10-16(12-18(15)24(22)31-25)17-5-3-11-28-14-17/h2-3,5-7,9-12,14H,1,4,8,13H2. The molecule has 3 nitrogen and oxygen atoms in total. The van der Waals surface area contributed by atoms with Crippen molar-refractivity contribution in [1.29, 1.82) is 0 Å².